The van der Waals surface area contributed by atoms with Gasteiger partial charge in [0.05, 0.1) is 0 Å². The van der Waals surface area contributed by atoms with Gasteiger partial charge in [-0.1, -0.05) is 78.1 Å². The molecule has 2 unspecified atom stereocenters. The SMILES string of the molecule is CO[Si](CCCCCCCCC(C)C(=O)C(C)CCCCCCCC[Si](OC)(OC)OC)(OC)OC. The second kappa shape index (κ2) is 21.8. The number of carbonyl (C=O) groups is 1. The average molecular weight is 551 g/mol. The molecule has 0 aromatic heterocycles. The number of Topliss-reactive ketones (excluding diaryl/α,β-unsaturated/α-hetero) is 1. The zero-order valence-electron chi connectivity index (χ0n) is 24.8. The predicted molar refractivity (Wildman–Crippen MR) is 151 cm³/mol. The van der Waals surface area contributed by atoms with Crippen molar-refractivity contribution in [2.24, 2.45) is 11.8 Å². The van der Waals surface area contributed by atoms with Crippen molar-refractivity contribution in [3.63, 3.8) is 0 Å². The van der Waals surface area contributed by atoms with Crippen LogP contribution in [0, 0.1) is 11.8 Å². The molecule has 0 aliphatic rings. The van der Waals surface area contributed by atoms with Gasteiger partial charge in [-0.2, -0.15) is 0 Å². The minimum absolute atomic E-state index is 0.184. The van der Waals surface area contributed by atoms with Gasteiger partial charge in [0.15, 0.2) is 0 Å². The summed E-state index contributed by atoms with van der Waals surface area (Å²) in [6.07, 6.45) is 16.1. The molecule has 0 fully saturated rings. The third-order valence-corrected chi connectivity index (χ3v) is 13.2. The van der Waals surface area contributed by atoms with Crippen LogP contribution in [0.3, 0.4) is 0 Å². The summed E-state index contributed by atoms with van der Waals surface area (Å²) in [6, 6.07) is 1.75. The smallest absolute Gasteiger partial charge is 0.377 e. The van der Waals surface area contributed by atoms with Crippen molar-refractivity contribution in [3.8, 4) is 0 Å². The highest BCUT2D eigenvalue weighted by Crippen LogP contribution is 2.22. The quantitative estimate of drug-likeness (QED) is 0.0844. The van der Waals surface area contributed by atoms with Gasteiger partial charge >= 0.3 is 17.6 Å². The molecule has 0 heterocycles. The van der Waals surface area contributed by atoms with Crippen LogP contribution in [0.4, 0.5) is 0 Å². The van der Waals surface area contributed by atoms with E-state index >= 15 is 0 Å². The summed E-state index contributed by atoms with van der Waals surface area (Å²) in [5.41, 5.74) is 0. The highest BCUT2D eigenvalue weighted by molar-refractivity contribution is 6.60. The maximum Gasteiger partial charge on any atom is 0.500 e. The van der Waals surface area contributed by atoms with Crippen LogP contribution in [0.25, 0.3) is 0 Å². The molecule has 0 saturated heterocycles. The minimum Gasteiger partial charge on any atom is -0.377 e. The summed E-state index contributed by atoms with van der Waals surface area (Å²) < 4.78 is 32.8. The van der Waals surface area contributed by atoms with E-state index in [1.165, 1.54) is 51.4 Å². The van der Waals surface area contributed by atoms with Crippen LogP contribution in [0.1, 0.15) is 104 Å². The number of carbonyl (C=O) groups excluding carboxylic acids is 1. The normalized spacial score (nSPS) is 14.2. The van der Waals surface area contributed by atoms with Crippen LogP contribution < -0.4 is 0 Å². The largest absolute Gasteiger partial charge is 0.500 e. The van der Waals surface area contributed by atoms with E-state index < -0.39 is 17.6 Å². The summed E-state index contributed by atoms with van der Waals surface area (Å²) in [4.78, 5) is 12.7. The maximum absolute atomic E-state index is 12.7. The third-order valence-electron chi connectivity index (χ3n) is 7.58. The molecule has 0 aromatic carbocycles. The van der Waals surface area contributed by atoms with Gasteiger partial charge in [0.2, 0.25) is 0 Å². The lowest BCUT2D eigenvalue weighted by Gasteiger charge is -2.24. The van der Waals surface area contributed by atoms with Gasteiger partial charge in [0.25, 0.3) is 0 Å². The molecule has 7 nitrogen and oxygen atoms in total. The number of ketones is 1. The second-order valence-electron chi connectivity index (χ2n) is 10.1. The van der Waals surface area contributed by atoms with Crippen LogP contribution in [0.15, 0.2) is 0 Å². The fourth-order valence-electron chi connectivity index (χ4n) is 4.88. The van der Waals surface area contributed by atoms with Crippen molar-refractivity contribution in [3.05, 3.63) is 0 Å². The molecule has 0 amide bonds. The van der Waals surface area contributed by atoms with E-state index in [-0.39, 0.29) is 11.8 Å². The summed E-state index contributed by atoms with van der Waals surface area (Å²) in [5.74, 6) is 0.821. The molecule has 0 aliphatic heterocycles. The van der Waals surface area contributed by atoms with Crippen LogP contribution in [-0.2, 0) is 31.4 Å². The molecule has 0 bridgehead atoms. The van der Waals surface area contributed by atoms with Gasteiger partial charge in [-0.25, -0.2) is 0 Å². The van der Waals surface area contributed by atoms with E-state index in [1.54, 1.807) is 42.7 Å². The molecule has 9 heteroatoms. The predicted octanol–water partition coefficient (Wildman–Crippen LogP) is 7.05. The van der Waals surface area contributed by atoms with Crippen molar-refractivity contribution in [1.29, 1.82) is 0 Å². The Morgan fingerprint density at radius 1 is 0.472 bits per heavy atom. The molecule has 216 valence electrons. The highest BCUT2D eigenvalue weighted by Gasteiger charge is 2.37. The molecule has 0 aliphatic carbocycles. The van der Waals surface area contributed by atoms with Gasteiger partial charge in [0.1, 0.15) is 5.78 Å². The molecule has 0 saturated carbocycles. The van der Waals surface area contributed by atoms with Crippen LogP contribution in [0.2, 0.25) is 12.1 Å². The Hall–Kier alpha value is -0.136. The van der Waals surface area contributed by atoms with E-state index in [4.69, 9.17) is 26.6 Å². The first-order valence-electron chi connectivity index (χ1n) is 14.1. The summed E-state index contributed by atoms with van der Waals surface area (Å²) in [6.45, 7) is 4.24. The first kappa shape index (κ1) is 35.9. The zero-order valence-corrected chi connectivity index (χ0v) is 26.8. The lowest BCUT2D eigenvalue weighted by Crippen LogP contribution is -2.42. The van der Waals surface area contributed by atoms with Gasteiger partial charge in [-0.15, -0.1) is 0 Å². The van der Waals surface area contributed by atoms with Crippen molar-refractivity contribution in [2.75, 3.05) is 42.7 Å². The third kappa shape index (κ3) is 14.7. The Bertz CT molecular complexity index is 468. The first-order chi connectivity index (χ1) is 17.3. The molecule has 0 rings (SSSR count). The summed E-state index contributed by atoms with van der Waals surface area (Å²) in [7, 11) is 5.21. The van der Waals surface area contributed by atoms with Crippen molar-refractivity contribution < 1.29 is 31.4 Å². The van der Waals surface area contributed by atoms with E-state index in [1.807, 2.05) is 0 Å². The number of rotatable bonds is 26. The van der Waals surface area contributed by atoms with E-state index in [0.29, 0.717) is 5.78 Å². The highest BCUT2D eigenvalue weighted by atomic mass is 28.4. The molecule has 0 radical (unpaired) electrons. The van der Waals surface area contributed by atoms with Crippen LogP contribution in [0.5, 0.6) is 0 Å². The summed E-state index contributed by atoms with van der Waals surface area (Å²) >= 11 is 0. The Balaban J connectivity index is 3.79. The van der Waals surface area contributed by atoms with Crippen molar-refractivity contribution >= 4 is 23.4 Å². The number of unbranched alkanes of at least 4 members (excludes halogenated alkanes) is 10. The van der Waals surface area contributed by atoms with Gasteiger partial charge in [-0.05, 0) is 25.7 Å². The molecular weight excluding hydrogens is 492 g/mol. The van der Waals surface area contributed by atoms with Gasteiger partial charge in [0, 0.05) is 66.6 Å². The maximum atomic E-state index is 12.7. The Morgan fingerprint density at radius 2 is 0.722 bits per heavy atom. The summed E-state index contributed by atoms with van der Waals surface area (Å²) in [5, 5.41) is 0. The van der Waals surface area contributed by atoms with Crippen molar-refractivity contribution in [2.45, 2.75) is 116 Å². The zero-order chi connectivity index (χ0) is 27.3. The lowest BCUT2D eigenvalue weighted by molar-refractivity contribution is -0.126. The van der Waals surface area contributed by atoms with E-state index in [9.17, 15) is 4.79 Å². The molecule has 2 atom stereocenters. The Labute approximate surface area is 225 Å². The van der Waals surface area contributed by atoms with Crippen molar-refractivity contribution in [1.82, 2.24) is 0 Å². The minimum atomic E-state index is -2.41. The molecule has 0 N–H and O–H groups in total. The van der Waals surface area contributed by atoms with E-state index in [2.05, 4.69) is 13.8 Å². The first-order valence-corrected chi connectivity index (χ1v) is 18.0. The number of hydrogen-bond donors (Lipinski definition) is 0. The standard InChI is InChI=1S/C27H58O7Si2/c1-25(21-17-13-9-11-15-19-23-35(29-3,30-4)31-5)27(28)26(2)22-18-14-10-12-16-20-24-36(32-6,33-7)34-8/h25-26H,9-24H2,1-8H3. The molecule has 0 spiro atoms. The monoisotopic (exact) mass is 550 g/mol. The van der Waals surface area contributed by atoms with Crippen LogP contribution >= 0.6 is 0 Å². The Kier molecular flexibility index (Phi) is 21.7. The lowest BCUT2D eigenvalue weighted by atomic mass is 9.88. The average Bonchev–Trinajstić information content (AvgIpc) is 2.91. The second-order valence-corrected chi connectivity index (χ2v) is 16.3. The number of hydrogen-bond acceptors (Lipinski definition) is 7. The van der Waals surface area contributed by atoms with Gasteiger partial charge in [-0.3, -0.25) is 4.79 Å². The topological polar surface area (TPSA) is 72.5 Å². The molecule has 36 heavy (non-hydrogen) atoms. The fraction of sp³-hybridized carbons (Fsp3) is 0.963. The molecular formula is C27H58O7Si2. The van der Waals surface area contributed by atoms with Crippen LogP contribution in [-0.4, -0.2) is 66.1 Å². The molecule has 0 aromatic rings. The Morgan fingerprint density at radius 3 is 1.00 bits per heavy atom. The fourth-order valence-corrected chi connectivity index (χ4v) is 8.47. The van der Waals surface area contributed by atoms with Gasteiger partial charge < -0.3 is 26.6 Å². The van der Waals surface area contributed by atoms with E-state index in [0.717, 1.165) is 50.6 Å².